The number of carbonyl (C=O) groups is 3. The number of halogens is 1. The van der Waals surface area contributed by atoms with Crippen molar-refractivity contribution in [3.8, 4) is 5.75 Å². The van der Waals surface area contributed by atoms with Crippen LogP contribution in [0.2, 0.25) is 5.02 Å². The number of para-hydroxylation sites is 1. The minimum Gasteiger partial charge on any atom is -0.503 e. The number of benzene rings is 3. The van der Waals surface area contributed by atoms with Gasteiger partial charge in [0.05, 0.1) is 41.6 Å². The number of furan rings is 1. The highest BCUT2D eigenvalue weighted by Crippen LogP contribution is 2.45. The average molecular weight is 575 g/mol. The molecule has 0 saturated heterocycles. The molecule has 9 nitrogen and oxygen atoms in total. The standard InChI is InChI=1S/C29H19ClN2O7S/c1-37-19-5-3-4-16-12-20(39-26(16)19)24(33)22-23(14-6-8-15(9-7-14)28(36)38-2)32(27(35)25(22)34)29-31-18-11-10-17(30)13-21(18)40-29/h3-13,23,34H,1-2H3. The van der Waals surface area contributed by atoms with Gasteiger partial charge in [-0.1, -0.05) is 47.2 Å². The first-order valence-electron chi connectivity index (χ1n) is 11.9. The Morgan fingerprint density at radius 3 is 2.58 bits per heavy atom. The van der Waals surface area contributed by atoms with Gasteiger partial charge < -0.3 is 19.0 Å². The number of fused-ring (bicyclic) bond motifs is 2. The number of methoxy groups -OCH3 is 2. The molecule has 0 radical (unpaired) electrons. The summed E-state index contributed by atoms with van der Waals surface area (Å²) in [7, 11) is 2.76. The molecule has 5 aromatic rings. The molecule has 0 saturated carbocycles. The first-order valence-corrected chi connectivity index (χ1v) is 13.1. The van der Waals surface area contributed by atoms with Gasteiger partial charge in [-0.25, -0.2) is 9.78 Å². The quantitative estimate of drug-likeness (QED) is 0.186. The van der Waals surface area contributed by atoms with E-state index in [2.05, 4.69) is 4.98 Å². The molecule has 200 valence electrons. The van der Waals surface area contributed by atoms with Crippen molar-refractivity contribution in [2.45, 2.75) is 6.04 Å². The molecule has 0 fully saturated rings. The van der Waals surface area contributed by atoms with Gasteiger partial charge >= 0.3 is 5.97 Å². The van der Waals surface area contributed by atoms with Crippen molar-refractivity contribution in [3.05, 3.63) is 100.0 Å². The fourth-order valence-corrected chi connectivity index (χ4v) is 5.97. The van der Waals surface area contributed by atoms with Gasteiger partial charge in [-0.2, -0.15) is 0 Å². The summed E-state index contributed by atoms with van der Waals surface area (Å²) in [4.78, 5) is 45.4. The highest BCUT2D eigenvalue weighted by atomic mass is 35.5. The summed E-state index contributed by atoms with van der Waals surface area (Å²) < 4.78 is 16.7. The van der Waals surface area contributed by atoms with Gasteiger partial charge in [0.15, 0.2) is 28.0 Å². The Labute approximate surface area is 235 Å². The first-order chi connectivity index (χ1) is 19.3. The van der Waals surface area contributed by atoms with Gasteiger partial charge in [0, 0.05) is 10.4 Å². The highest BCUT2D eigenvalue weighted by Gasteiger charge is 2.46. The summed E-state index contributed by atoms with van der Waals surface area (Å²) >= 11 is 7.34. The van der Waals surface area contributed by atoms with E-state index >= 15 is 0 Å². The number of aliphatic hydroxyl groups is 1. The topological polar surface area (TPSA) is 119 Å². The molecule has 2 aromatic heterocycles. The summed E-state index contributed by atoms with van der Waals surface area (Å²) in [5.74, 6) is -2.40. The average Bonchev–Trinajstić information content (AvgIpc) is 3.66. The van der Waals surface area contributed by atoms with Crippen molar-refractivity contribution >= 4 is 66.9 Å². The molecular formula is C29H19ClN2O7S. The molecule has 1 aliphatic rings. The van der Waals surface area contributed by atoms with Crippen LogP contribution in [-0.2, 0) is 9.53 Å². The van der Waals surface area contributed by atoms with Crippen LogP contribution in [0.3, 0.4) is 0 Å². The van der Waals surface area contributed by atoms with Crippen LogP contribution in [0, 0.1) is 0 Å². The van der Waals surface area contributed by atoms with E-state index in [1.807, 2.05) is 0 Å². The lowest BCUT2D eigenvalue weighted by Gasteiger charge is -2.24. The maximum atomic E-state index is 13.9. The molecule has 11 heteroatoms. The highest BCUT2D eigenvalue weighted by molar-refractivity contribution is 7.22. The summed E-state index contributed by atoms with van der Waals surface area (Å²) in [6.07, 6.45) is 0. The van der Waals surface area contributed by atoms with Crippen molar-refractivity contribution in [1.82, 2.24) is 4.98 Å². The fraction of sp³-hybridized carbons (Fsp3) is 0.103. The molecule has 3 aromatic carbocycles. The number of Topliss-reactive ketones (excluding diaryl/α,β-unsaturated/α-hetero) is 1. The molecule has 1 aliphatic heterocycles. The van der Waals surface area contributed by atoms with Crippen LogP contribution in [0.25, 0.3) is 21.2 Å². The number of amides is 1. The number of esters is 1. The largest absolute Gasteiger partial charge is 0.503 e. The number of rotatable bonds is 6. The van der Waals surface area contributed by atoms with Crippen LogP contribution in [0.15, 0.2) is 82.5 Å². The molecular weight excluding hydrogens is 556 g/mol. The number of nitrogens with zero attached hydrogens (tertiary/aromatic N) is 2. The predicted molar refractivity (Wildman–Crippen MR) is 149 cm³/mol. The van der Waals surface area contributed by atoms with Crippen LogP contribution < -0.4 is 9.64 Å². The van der Waals surface area contributed by atoms with Crippen LogP contribution in [0.4, 0.5) is 5.13 Å². The number of ketones is 1. The third-order valence-corrected chi connectivity index (χ3v) is 7.85. The smallest absolute Gasteiger partial charge is 0.337 e. The molecule has 6 rings (SSSR count). The molecule has 3 heterocycles. The van der Waals surface area contributed by atoms with E-state index in [1.165, 1.54) is 48.7 Å². The van der Waals surface area contributed by atoms with E-state index < -0.39 is 29.5 Å². The van der Waals surface area contributed by atoms with E-state index in [0.717, 1.165) is 4.70 Å². The Hall–Kier alpha value is -4.67. The van der Waals surface area contributed by atoms with E-state index in [-0.39, 0.29) is 22.0 Å². The maximum absolute atomic E-state index is 13.9. The Morgan fingerprint density at radius 2 is 1.85 bits per heavy atom. The minimum absolute atomic E-state index is 0.0806. The number of aliphatic hydroxyl groups excluding tert-OH is 1. The summed E-state index contributed by atoms with van der Waals surface area (Å²) in [6.45, 7) is 0. The molecule has 1 N–H and O–H groups in total. The Balaban J connectivity index is 1.50. The van der Waals surface area contributed by atoms with Gasteiger partial charge in [-0.15, -0.1) is 0 Å². The second-order valence-corrected chi connectivity index (χ2v) is 10.3. The number of hydrogen-bond donors (Lipinski definition) is 1. The maximum Gasteiger partial charge on any atom is 0.337 e. The third kappa shape index (κ3) is 4.09. The SMILES string of the molecule is COC(=O)c1ccc(C2C(C(=O)c3cc4cccc(OC)c4o3)=C(O)C(=O)N2c2nc3ccc(Cl)cc3s2)cc1. The third-order valence-electron chi connectivity index (χ3n) is 6.60. The van der Waals surface area contributed by atoms with Gasteiger partial charge in [-0.3, -0.25) is 14.5 Å². The second-order valence-electron chi connectivity index (χ2n) is 8.88. The monoisotopic (exact) mass is 574 g/mol. The Kier molecular flexibility index (Phi) is 6.28. The van der Waals surface area contributed by atoms with Crippen molar-refractivity contribution < 1.29 is 33.4 Å². The number of ether oxygens (including phenoxy) is 2. The molecule has 40 heavy (non-hydrogen) atoms. The lowest BCUT2D eigenvalue weighted by atomic mass is 9.94. The molecule has 1 amide bonds. The fourth-order valence-electron chi connectivity index (χ4n) is 4.70. The number of hydrogen-bond acceptors (Lipinski definition) is 9. The molecule has 1 unspecified atom stereocenters. The van der Waals surface area contributed by atoms with Gasteiger partial charge in [-0.05, 0) is 48.0 Å². The number of aromatic nitrogens is 1. The van der Waals surface area contributed by atoms with Crippen LogP contribution >= 0.6 is 22.9 Å². The minimum atomic E-state index is -1.07. The lowest BCUT2D eigenvalue weighted by molar-refractivity contribution is -0.117. The molecule has 0 spiro atoms. The summed E-state index contributed by atoms with van der Waals surface area (Å²) in [5.41, 5.74) is 1.50. The van der Waals surface area contributed by atoms with Gasteiger partial charge in [0.1, 0.15) is 0 Å². The molecule has 0 aliphatic carbocycles. The van der Waals surface area contributed by atoms with E-state index in [1.54, 1.807) is 48.5 Å². The van der Waals surface area contributed by atoms with Crippen LogP contribution in [-0.4, -0.2) is 42.0 Å². The van der Waals surface area contributed by atoms with Crippen molar-refractivity contribution in [1.29, 1.82) is 0 Å². The number of thiazole rings is 1. The molecule has 1 atom stereocenters. The van der Waals surface area contributed by atoms with Crippen LogP contribution in [0.5, 0.6) is 5.75 Å². The van der Waals surface area contributed by atoms with E-state index in [4.69, 9.17) is 25.5 Å². The number of carbonyl (C=O) groups excluding carboxylic acids is 3. The van der Waals surface area contributed by atoms with Gasteiger partial charge in [0.25, 0.3) is 5.91 Å². The van der Waals surface area contributed by atoms with Gasteiger partial charge in [0.2, 0.25) is 5.78 Å². The van der Waals surface area contributed by atoms with Crippen molar-refractivity contribution in [3.63, 3.8) is 0 Å². The zero-order valence-corrected chi connectivity index (χ0v) is 22.6. The normalized spacial score (nSPS) is 15.3. The summed E-state index contributed by atoms with van der Waals surface area (Å²) in [5, 5.41) is 12.5. The summed E-state index contributed by atoms with van der Waals surface area (Å²) in [6, 6.07) is 17.0. The second kappa shape index (κ2) is 9.82. The zero-order chi connectivity index (χ0) is 28.1. The predicted octanol–water partition coefficient (Wildman–Crippen LogP) is 6.27. The Morgan fingerprint density at radius 1 is 1.07 bits per heavy atom. The number of anilines is 1. The zero-order valence-electron chi connectivity index (χ0n) is 21.0. The Bertz CT molecular complexity index is 1870. The van der Waals surface area contributed by atoms with Crippen LogP contribution in [0.1, 0.15) is 32.5 Å². The molecule has 0 bridgehead atoms. The lowest BCUT2D eigenvalue weighted by Crippen LogP contribution is -2.31. The van der Waals surface area contributed by atoms with Crippen molar-refractivity contribution in [2.24, 2.45) is 0 Å². The van der Waals surface area contributed by atoms with E-state index in [0.29, 0.717) is 32.8 Å². The van der Waals surface area contributed by atoms with Crippen molar-refractivity contribution in [2.75, 3.05) is 19.1 Å². The first kappa shape index (κ1) is 25.6. The van der Waals surface area contributed by atoms with E-state index in [9.17, 15) is 19.5 Å².